The van der Waals surface area contributed by atoms with Gasteiger partial charge in [-0.05, 0) is 19.5 Å². The van der Waals surface area contributed by atoms with Gasteiger partial charge in [0.05, 0.1) is 17.4 Å². The number of halogens is 2. The topological polar surface area (TPSA) is 103 Å². The van der Waals surface area contributed by atoms with Gasteiger partial charge in [0, 0.05) is 36.8 Å². The highest BCUT2D eigenvalue weighted by atomic mass is 35.5. The number of anilines is 1. The van der Waals surface area contributed by atoms with Gasteiger partial charge in [-0.2, -0.15) is 0 Å². The molecule has 1 aliphatic heterocycles. The van der Waals surface area contributed by atoms with Gasteiger partial charge in [0.25, 0.3) is 0 Å². The molecule has 1 aliphatic rings. The van der Waals surface area contributed by atoms with E-state index in [0.29, 0.717) is 24.8 Å². The van der Waals surface area contributed by atoms with Crippen LogP contribution < -0.4 is 16.1 Å². The molecule has 1 fully saturated rings. The Labute approximate surface area is 180 Å². The molecular weight excluding hydrogens is 433 g/mol. The van der Waals surface area contributed by atoms with Gasteiger partial charge in [-0.25, -0.2) is 19.2 Å². The van der Waals surface area contributed by atoms with Gasteiger partial charge in [0.15, 0.2) is 22.4 Å². The van der Waals surface area contributed by atoms with Crippen LogP contribution in [-0.4, -0.2) is 52.1 Å². The molecule has 4 rings (SSSR count). The number of hydrogen-bond donors (Lipinski definition) is 1. The van der Waals surface area contributed by atoms with Gasteiger partial charge < -0.3 is 15.4 Å². The van der Waals surface area contributed by atoms with Crippen LogP contribution in [0.5, 0.6) is 0 Å². The van der Waals surface area contributed by atoms with E-state index in [2.05, 4.69) is 9.97 Å². The van der Waals surface area contributed by atoms with E-state index in [4.69, 9.17) is 22.1 Å². The summed E-state index contributed by atoms with van der Waals surface area (Å²) in [5, 5.41) is 1.97. The van der Waals surface area contributed by atoms with Crippen molar-refractivity contribution in [2.45, 2.75) is 12.3 Å². The molecule has 3 aromatic heterocycles. The second-order valence-electron chi connectivity index (χ2n) is 6.86. The van der Waals surface area contributed by atoms with Gasteiger partial charge >= 0.3 is 5.97 Å². The molecule has 2 atom stereocenters. The van der Waals surface area contributed by atoms with Crippen molar-refractivity contribution in [3.05, 3.63) is 45.4 Å². The predicted octanol–water partition coefficient (Wildman–Crippen LogP) is 2.16. The summed E-state index contributed by atoms with van der Waals surface area (Å²) in [6.45, 7) is 2.98. The molecule has 0 aromatic carbocycles. The highest BCUT2D eigenvalue weighted by Gasteiger charge is 2.33. The number of fused-ring (bicyclic) bond motifs is 1. The Balaban J connectivity index is 1.93. The van der Waals surface area contributed by atoms with E-state index in [1.54, 1.807) is 23.4 Å². The second kappa shape index (κ2) is 8.29. The first-order chi connectivity index (χ1) is 14.4. The van der Waals surface area contributed by atoms with Crippen LogP contribution in [0.25, 0.3) is 16.2 Å². The number of aromatic nitrogens is 3. The van der Waals surface area contributed by atoms with Crippen LogP contribution in [0.2, 0.25) is 0 Å². The average molecular weight is 452 g/mol. The Morgan fingerprint density at radius 1 is 1.47 bits per heavy atom. The molecule has 30 heavy (non-hydrogen) atoms. The van der Waals surface area contributed by atoms with Crippen molar-refractivity contribution in [3.63, 3.8) is 0 Å². The van der Waals surface area contributed by atoms with Gasteiger partial charge in [0.2, 0.25) is 5.43 Å². The predicted molar refractivity (Wildman–Crippen MR) is 113 cm³/mol. The van der Waals surface area contributed by atoms with Gasteiger partial charge in [-0.3, -0.25) is 9.36 Å². The third-order valence-corrected chi connectivity index (χ3v) is 6.26. The molecule has 0 aliphatic carbocycles. The number of esters is 1. The molecule has 0 bridgehead atoms. The van der Waals surface area contributed by atoms with Crippen LogP contribution in [0.1, 0.15) is 17.3 Å². The number of ether oxygens (including phenoxy) is 1. The fourth-order valence-corrected chi connectivity index (χ4v) is 4.46. The van der Waals surface area contributed by atoms with Crippen molar-refractivity contribution in [2.75, 3.05) is 31.1 Å². The number of carbonyl (C=O) groups is 1. The van der Waals surface area contributed by atoms with Crippen molar-refractivity contribution < 1.29 is 13.9 Å². The smallest absolute Gasteiger partial charge is 0.343 e. The molecule has 0 spiro atoms. The quantitative estimate of drug-likeness (QED) is 0.468. The molecule has 158 valence electrons. The summed E-state index contributed by atoms with van der Waals surface area (Å²) >= 11 is 7.62. The lowest BCUT2D eigenvalue weighted by molar-refractivity contribution is 0.0524. The van der Waals surface area contributed by atoms with Gasteiger partial charge in [-0.15, -0.1) is 22.9 Å². The van der Waals surface area contributed by atoms with E-state index >= 15 is 4.39 Å². The van der Waals surface area contributed by atoms with Crippen molar-refractivity contribution in [1.82, 2.24) is 14.5 Å². The number of nitrogens with zero attached hydrogens (tertiary/aromatic N) is 4. The molecule has 3 aromatic rings. The van der Waals surface area contributed by atoms with Crippen molar-refractivity contribution in [3.8, 4) is 5.13 Å². The van der Waals surface area contributed by atoms with Crippen LogP contribution in [0, 0.1) is 11.7 Å². The first-order valence-corrected chi connectivity index (χ1v) is 10.7. The Hall–Kier alpha value is -2.56. The van der Waals surface area contributed by atoms with E-state index in [0.717, 1.165) is 6.07 Å². The fraction of sp³-hybridized carbons (Fsp3) is 0.368. The zero-order chi connectivity index (χ0) is 21.4. The minimum absolute atomic E-state index is 0.0101. The minimum Gasteiger partial charge on any atom is -0.462 e. The van der Waals surface area contributed by atoms with Crippen LogP contribution >= 0.6 is 22.9 Å². The summed E-state index contributed by atoms with van der Waals surface area (Å²) in [4.78, 5) is 35.6. The molecule has 4 heterocycles. The highest BCUT2D eigenvalue weighted by molar-refractivity contribution is 7.12. The molecule has 2 N–H and O–H groups in total. The Morgan fingerprint density at radius 3 is 2.90 bits per heavy atom. The Bertz CT molecular complexity index is 1150. The zero-order valence-electron chi connectivity index (χ0n) is 16.0. The van der Waals surface area contributed by atoms with Crippen LogP contribution in [0.4, 0.5) is 10.2 Å². The molecule has 0 amide bonds. The van der Waals surface area contributed by atoms with Crippen molar-refractivity contribution >= 4 is 45.8 Å². The maximum Gasteiger partial charge on any atom is 0.343 e. The second-order valence-corrected chi connectivity index (χ2v) is 8.29. The molecule has 1 saturated heterocycles. The maximum absolute atomic E-state index is 15.0. The highest BCUT2D eigenvalue weighted by Crippen LogP contribution is 2.30. The summed E-state index contributed by atoms with van der Waals surface area (Å²) in [6.07, 6.45) is 2.93. The molecule has 8 nitrogen and oxygen atoms in total. The van der Waals surface area contributed by atoms with Crippen LogP contribution in [-0.2, 0) is 4.74 Å². The third kappa shape index (κ3) is 3.55. The maximum atomic E-state index is 15.0. The lowest BCUT2D eigenvalue weighted by Crippen LogP contribution is -2.26. The minimum atomic E-state index is -0.783. The molecule has 11 heteroatoms. The normalized spacial score (nSPS) is 18.9. The molecule has 0 radical (unpaired) electrons. The molecular formula is C19H19ClFN5O3S. The number of pyridine rings is 2. The zero-order valence-corrected chi connectivity index (χ0v) is 17.6. The fourth-order valence-electron chi connectivity index (χ4n) is 3.50. The largest absolute Gasteiger partial charge is 0.462 e. The van der Waals surface area contributed by atoms with Gasteiger partial charge in [0.1, 0.15) is 5.56 Å². The Morgan fingerprint density at radius 2 is 2.27 bits per heavy atom. The average Bonchev–Trinajstić information content (AvgIpc) is 3.38. The summed E-state index contributed by atoms with van der Waals surface area (Å²) in [7, 11) is 0. The standard InChI is InChI=1S/C19H19ClFN5O3S/c1-2-29-18(28)12-8-26(19-23-3-4-30-19)16-11(15(12)27)5-14(21)17(24-16)25-7-10(6-22)13(20)9-25/h3-5,8,10,13H,2,6-7,9,22H2,1H3/t10-,13+/m0/s1. The molecule has 0 saturated carbocycles. The number of carbonyl (C=O) groups excluding carboxylic acids is 1. The van der Waals surface area contributed by atoms with Crippen LogP contribution in [0.3, 0.4) is 0 Å². The first kappa shape index (κ1) is 20.7. The lowest BCUT2D eigenvalue weighted by Gasteiger charge is -2.19. The molecule has 0 unspecified atom stereocenters. The van der Waals surface area contributed by atoms with Crippen molar-refractivity contribution in [1.29, 1.82) is 0 Å². The first-order valence-electron chi connectivity index (χ1n) is 9.36. The lowest BCUT2D eigenvalue weighted by atomic mass is 10.1. The summed E-state index contributed by atoms with van der Waals surface area (Å²) in [6, 6.07) is 1.10. The number of nitrogens with two attached hydrogens (primary N) is 1. The number of hydrogen-bond acceptors (Lipinski definition) is 8. The summed E-state index contributed by atoms with van der Waals surface area (Å²) < 4.78 is 21.5. The summed E-state index contributed by atoms with van der Waals surface area (Å²) in [5.74, 6) is -1.36. The number of alkyl halides is 1. The van der Waals surface area contributed by atoms with E-state index < -0.39 is 17.2 Å². The number of rotatable bonds is 5. The van der Waals surface area contributed by atoms with Crippen molar-refractivity contribution in [2.24, 2.45) is 11.7 Å². The van der Waals surface area contributed by atoms with E-state index in [1.165, 1.54) is 22.1 Å². The van der Waals surface area contributed by atoms with E-state index in [-0.39, 0.29) is 40.3 Å². The van der Waals surface area contributed by atoms with E-state index in [9.17, 15) is 9.59 Å². The van der Waals surface area contributed by atoms with Crippen LogP contribution in [0.15, 0.2) is 28.6 Å². The SMILES string of the molecule is CCOC(=O)c1cn(-c2nccs2)c2nc(N3C[C@H](CN)[C@H](Cl)C3)c(F)cc2c1=O. The van der Waals surface area contributed by atoms with E-state index in [1.807, 2.05) is 0 Å². The third-order valence-electron chi connectivity index (χ3n) is 5.00. The summed E-state index contributed by atoms with van der Waals surface area (Å²) in [5.41, 5.74) is 5.09. The monoisotopic (exact) mass is 451 g/mol. The number of thiazole rings is 1. The Kier molecular flexibility index (Phi) is 5.72. The van der Waals surface area contributed by atoms with Gasteiger partial charge in [-0.1, -0.05) is 0 Å².